The average Bonchev–Trinajstić information content (AvgIpc) is 2.32. The fourth-order valence-corrected chi connectivity index (χ4v) is 1.23. The first-order chi connectivity index (χ1) is 6.02. The molecule has 1 N–H and O–H groups in total. The molecular formula is C9H13NO3. The average molecular weight is 183 g/mol. The summed E-state index contributed by atoms with van der Waals surface area (Å²) in [5.41, 5.74) is 1.38. The summed E-state index contributed by atoms with van der Waals surface area (Å²) in [5.74, 6) is 0.00338. The molecule has 13 heavy (non-hydrogen) atoms. The van der Waals surface area contributed by atoms with Crippen molar-refractivity contribution in [3.63, 3.8) is 0 Å². The first kappa shape index (κ1) is 9.77. The van der Waals surface area contributed by atoms with Gasteiger partial charge in [0.25, 0.3) is 0 Å². The molecule has 72 valence electrons. The highest BCUT2D eigenvalue weighted by molar-refractivity contribution is 5.70. The predicted molar refractivity (Wildman–Crippen MR) is 46.7 cm³/mol. The molecule has 1 heterocycles. The highest BCUT2D eigenvalue weighted by Crippen LogP contribution is 2.22. The van der Waals surface area contributed by atoms with Gasteiger partial charge in [-0.25, -0.2) is 0 Å². The van der Waals surface area contributed by atoms with Gasteiger partial charge in [0.15, 0.2) is 0 Å². The summed E-state index contributed by atoms with van der Waals surface area (Å²) in [6, 6.07) is 0. The number of aryl methyl sites for hydroxylation is 1. The van der Waals surface area contributed by atoms with Gasteiger partial charge in [0.1, 0.15) is 5.76 Å². The van der Waals surface area contributed by atoms with Crippen molar-refractivity contribution < 1.29 is 14.4 Å². The summed E-state index contributed by atoms with van der Waals surface area (Å²) in [5, 5.41) is 12.4. The zero-order valence-electron chi connectivity index (χ0n) is 8.00. The minimum absolute atomic E-state index is 0.0111. The molecule has 0 saturated carbocycles. The summed E-state index contributed by atoms with van der Waals surface area (Å²) in [4.78, 5) is 10.5. The Bertz CT molecular complexity index is 315. The van der Waals surface area contributed by atoms with Crippen LogP contribution in [-0.4, -0.2) is 16.2 Å². The number of carboxylic acids is 1. The van der Waals surface area contributed by atoms with Crippen LogP contribution in [0.4, 0.5) is 0 Å². The number of hydrogen-bond donors (Lipinski definition) is 1. The molecule has 0 spiro atoms. The molecule has 0 saturated heterocycles. The lowest BCUT2D eigenvalue weighted by Gasteiger charge is -2.01. The van der Waals surface area contributed by atoms with Gasteiger partial charge in [-0.3, -0.25) is 4.79 Å². The van der Waals surface area contributed by atoms with Crippen molar-refractivity contribution in [1.82, 2.24) is 5.16 Å². The Morgan fingerprint density at radius 2 is 2.23 bits per heavy atom. The van der Waals surface area contributed by atoms with Crippen LogP contribution < -0.4 is 0 Å². The van der Waals surface area contributed by atoms with E-state index < -0.39 is 5.97 Å². The van der Waals surface area contributed by atoms with Crippen LogP contribution >= 0.6 is 0 Å². The van der Waals surface area contributed by atoms with Crippen molar-refractivity contribution in [3.05, 3.63) is 17.0 Å². The fourth-order valence-electron chi connectivity index (χ4n) is 1.23. The van der Waals surface area contributed by atoms with Crippen molar-refractivity contribution in [2.45, 2.75) is 33.1 Å². The highest BCUT2D eigenvalue weighted by Gasteiger charge is 2.17. The fraction of sp³-hybridized carbons (Fsp3) is 0.556. The van der Waals surface area contributed by atoms with E-state index in [1.165, 1.54) is 0 Å². The first-order valence-corrected chi connectivity index (χ1v) is 4.19. The van der Waals surface area contributed by atoms with Gasteiger partial charge in [0.2, 0.25) is 0 Å². The van der Waals surface area contributed by atoms with E-state index >= 15 is 0 Å². The number of hydrogen-bond acceptors (Lipinski definition) is 3. The molecule has 1 aromatic heterocycles. The lowest BCUT2D eigenvalue weighted by molar-refractivity contribution is -0.136. The van der Waals surface area contributed by atoms with Gasteiger partial charge in [-0.05, 0) is 6.92 Å². The molecule has 0 bridgehead atoms. The molecule has 4 nitrogen and oxygen atoms in total. The smallest absolute Gasteiger partial charge is 0.308 e. The summed E-state index contributed by atoms with van der Waals surface area (Å²) in [6.07, 6.45) is -0.0111. The van der Waals surface area contributed by atoms with Gasteiger partial charge in [-0.15, -0.1) is 0 Å². The SMILES string of the molecule is Cc1noc(C(C)C)c1CC(=O)O. The maximum atomic E-state index is 10.5. The Kier molecular flexibility index (Phi) is 2.70. The molecule has 0 unspecified atom stereocenters. The van der Waals surface area contributed by atoms with E-state index in [1.807, 2.05) is 13.8 Å². The van der Waals surface area contributed by atoms with Crippen molar-refractivity contribution in [2.75, 3.05) is 0 Å². The predicted octanol–water partition coefficient (Wildman–Crippen LogP) is 1.73. The van der Waals surface area contributed by atoms with E-state index in [4.69, 9.17) is 9.63 Å². The lowest BCUT2D eigenvalue weighted by Crippen LogP contribution is -2.03. The van der Waals surface area contributed by atoms with E-state index in [0.717, 1.165) is 0 Å². The molecule has 0 aromatic carbocycles. The standard InChI is InChI=1S/C9H13NO3/c1-5(2)9-7(4-8(11)12)6(3)10-13-9/h5H,4H2,1-3H3,(H,11,12). The number of nitrogens with zero attached hydrogens (tertiary/aromatic N) is 1. The molecule has 0 amide bonds. The Balaban J connectivity index is 3.01. The van der Waals surface area contributed by atoms with Gasteiger partial charge in [-0.2, -0.15) is 0 Å². The second kappa shape index (κ2) is 3.60. The van der Waals surface area contributed by atoms with Gasteiger partial charge in [-0.1, -0.05) is 19.0 Å². The Hall–Kier alpha value is -1.32. The van der Waals surface area contributed by atoms with Crippen LogP contribution in [0.1, 0.15) is 36.8 Å². The molecule has 0 atom stereocenters. The third-order valence-corrected chi connectivity index (χ3v) is 1.87. The van der Waals surface area contributed by atoms with Gasteiger partial charge < -0.3 is 9.63 Å². The van der Waals surface area contributed by atoms with E-state index in [0.29, 0.717) is 17.0 Å². The summed E-state index contributed by atoms with van der Waals surface area (Å²) in [7, 11) is 0. The summed E-state index contributed by atoms with van der Waals surface area (Å²) in [6.45, 7) is 5.66. The first-order valence-electron chi connectivity index (χ1n) is 4.19. The van der Waals surface area contributed by atoms with Crippen LogP contribution in [0.15, 0.2) is 4.52 Å². The zero-order chi connectivity index (χ0) is 10.0. The third-order valence-electron chi connectivity index (χ3n) is 1.87. The van der Waals surface area contributed by atoms with Gasteiger partial charge >= 0.3 is 5.97 Å². The van der Waals surface area contributed by atoms with Crippen molar-refractivity contribution in [2.24, 2.45) is 0 Å². The normalized spacial score (nSPS) is 10.8. The van der Waals surface area contributed by atoms with Gasteiger partial charge in [0.05, 0.1) is 12.1 Å². The van der Waals surface area contributed by atoms with Crippen LogP contribution in [0.25, 0.3) is 0 Å². The molecule has 0 radical (unpaired) electrons. The van der Waals surface area contributed by atoms with E-state index in [9.17, 15) is 4.79 Å². The number of rotatable bonds is 3. The molecule has 0 aliphatic carbocycles. The number of carboxylic acid groups (broad SMARTS) is 1. The maximum Gasteiger partial charge on any atom is 0.308 e. The Labute approximate surface area is 76.5 Å². The minimum Gasteiger partial charge on any atom is -0.481 e. The number of carbonyl (C=O) groups is 1. The third kappa shape index (κ3) is 2.08. The van der Waals surface area contributed by atoms with E-state index in [-0.39, 0.29) is 12.3 Å². The van der Waals surface area contributed by atoms with Crippen LogP contribution in [0, 0.1) is 6.92 Å². The molecule has 1 aromatic rings. The largest absolute Gasteiger partial charge is 0.481 e. The monoisotopic (exact) mass is 183 g/mol. The highest BCUT2D eigenvalue weighted by atomic mass is 16.5. The lowest BCUT2D eigenvalue weighted by atomic mass is 10.0. The molecule has 0 aliphatic heterocycles. The van der Waals surface area contributed by atoms with Crippen LogP contribution in [0.5, 0.6) is 0 Å². The van der Waals surface area contributed by atoms with Crippen LogP contribution in [-0.2, 0) is 11.2 Å². The van der Waals surface area contributed by atoms with E-state index in [2.05, 4.69) is 5.16 Å². The molecular weight excluding hydrogens is 170 g/mol. The quantitative estimate of drug-likeness (QED) is 0.775. The zero-order valence-corrected chi connectivity index (χ0v) is 8.00. The number of aromatic nitrogens is 1. The van der Waals surface area contributed by atoms with Crippen molar-refractivity contribution >= 4 is 5.97 Å². The second-order valence-corrected chi connectivity index (χ2v) is 3.34. The molecule has 1 rings (SSSR count). The number of aliphatic carboxylic acids is 1. The van der Waals surface area contributed by atoms with Crippen molar-refractivity contribution in [1.29, 1.82) is 0 Å². The van der Waals surface area contributed by atoms with Gasteiger partial charge in [0, 0.05) is 11.5 Å². The summed E-state index contributed by atoms with van der Waals surface area (Å²) >= 11 is 0. The van der Waals surface area contributed by atoms with Crippen LogP contribution in [0.2, 0.25) is 0 Å². The molecule has 0 fully saturated rings. The molecule has 4 heteroatoms. The second-order valence-electron chi connectivity index (χ2n) is 3.34. The Morgan fingerprint density at radius 1 is 1.62 bits per heavy atom. The van der Waals surface area contributed by atoms with Crippen LogP contribution in [0.3, 0.4) is 0 Å². The Morgan fingerprint density at radius 3 is 2.69 bits per heavy atom. The van der Waals surface area contributed by atoms with Crippen molar-refractivity contribution in [3.8, 4) is 0 Å². The minimum atomic E-state index is -0.854. The maximum absolute atomic E-state index is 10.5. The van der Waals surface area contributed by atoms with E-state index in [1.54, 1.807) is 6.92 Å². The topological polar surface area (TPSA) is 63.3 Å². The molecule has 0 aliphatic rings. The summed E-state index contributed by atoms with van der Waals surface area (Å²) < 4.78 is 5.04.